The summed E-state index contributed by atoms with van der Waals surface area (Å²) >= 11 is 0. The molecule has 1 saturated carbocycles. The summed E-state index contributed by atoms with van der Waals surface area (Å²) < 4.78 is 15.9. The molecule has 0 radical (unpaired) electrons. The van der Waals surface area contributed by atoms with E-state index >= 15 is 0 Å². The van der Waals surface area contributed by atoms with Crippen molar-refractivity contribution in [3.8, 4) is 11.1 Å². The summed E-state index contributed by atoms with van der Waals surface area (Å²) in [4.78, 5) is 16.6. The molecule has 31 heavy (non-hydrogen) atoms. The van der Waals surface area contributed by atoms with Crippen molar-refractivity contribution in [1.82, 2.24) is 24.7 Å². The van der Waals surface area contributed by atoms with E-state index in [1.54, 1.807) is 12.1 Å². The zero-order valence-corrected chi connectivity index (χ0v) is 17.6. The summed E-state index contributed by atoms with van der Waals surface area (Å²) in [5.41, 5.74) is 6.28. The molecule has 1 aliphatic carbocycles. The van der Waals surface area contributed by atoms with Crippen LogP contribution in [0.3, 0.4) is 0 Å². The molecule has 4 heterocycles. The Balaban J connectivity index is 1.42. The maximum Gasteiger partial charge on any atom is 0.140 e. The van der Waals surface area contributed by atoms with Gasteiger partial charge in [-0.15, -0.1) is 0 Å². The highest BCUT2D eigenvalue weighted by Gasteiger charge is 2.29. The highest BCUT2D eigenvalue weighted by molar-refractivity contribution is 5.90. The summed E-state index contributed by atoms with van der Waals surface area (Å²) in [6.07, 6.45) is 7.07. The summed E-state index contributed by atoms with van der Waals surface area (Å²) in [7, 11) is 1.93. The minimum atomic E-state index is -0.259. The van der Waals surface area contributed by atoms with Crippen molar-refractivity contribution in [2.75, 3.05) is 11.4 Å². The van der Waals surface area contributed by atoms with Crippen molar-refractivity contribution in [2.24, 2.45) is 7.05 Å². The highest BCUT2D eigenvalue weighted by Crippen LogP contribution is 2.40. The fraction of sp³-hybridized carbons (Fsp3) is 0.333. The molecule has 0 spiro atoms. The van der Waals surface area contributed by atoms with E-state index in [0.717, 1.165) is 70.9 Å². The molecule has 1 aromatic carbocycles. The third kappa shape index (κ3) is 3.24. The van der Waals surface area contributed by atoms with Gasteiger partial charge >= 0.3 is 0 Å². The van der Waals surface area contributed by atoms with Gasteiger partial charge in [-0.25, -0.2) is 14.4 Å². The van der Waals surface area contributed by atoms with Crippen LogP contribution in [-0.2, 0) is 20.0 Å². The topological polar surface area (TPSA) is 59.7 Å². The van der Waals surface area contributed by atoms with Gasteiger partial charge in [0.2, 0.25) is 0 Å². The van der Waals surface area contributed by atoms with Crippen LogP contribution in [0.15, 0.2) is 36.7 Å². The highest BCUT2D eigenvalue weighted by atomic mass is 19.1. The van der Waals surface area contributed by atoms with Gasteiger partial charge in [-0.3, -0.25) is 9.67 Å². The van der Waals surface area contributed by atoms with Crippen LogP contribution in [0.1, 0.15) is 41.5 Å². The van der Waals surface area contributed by atoms with Gasteiger partial charge in [0.05, 0.1) is 11.2 Å². The number of benzene rings is 1. The molecule has 6 nitrogen and oxygen atoms in total. The average Bonchev–Trinajstić information content (AvgIpc) is 3.56. The number of pyridine rings is 1. The lowest BCUT2D eigenvalue weighted by Crippen LogP contribution is -2.32. The van der Waals surface area contributed by atoms with Crippen LogP contribution >= 0.6 is 0 Å². The van der Waals surface area contributed by atoms with Gasteiger partial charge in [-0.1, -0.05) is 0 Å². The predicted molar refractivity (Wildman–Crippen MR) is 117 cm³/mol. The Morgan fingerprint density at radius 2 is 2.00 bits per heavy atom. The second-order valence-electron chi connectivity index (χ2n) is 8.64. The molecule has 2 aliphatic rings. The minimum Gasteiger partial charge on any atom is -0.351 e. The molecule has 0 N–H and O–H groups in total. The number of aromatic nitrogens is 5. The fourth-order valence-corrected chi connectivity index (χ4v) is 4.50. The quantitative estimate of drug-likeness (QED) is 0.500. The van der Waals surface area contributed by atoms with E-state index in [1.807, 2.05) is 31.0 Å². The van der Waals surface area contributed by atoms with Gasteiger partial charge in [-0.2, -0.15) is 5.10 Å². The summed E-state index contributed by atoms with van der Waals surface area (Å²) in [5.74, 6) is 1.90. The lowest BCUT2D eigenvalue weighted by atomic mass is 10.0. The van der Waals surface area contributed by atoms with Crippen LogP contribution in [0.5, 0.6) is 0 Å². The molecule has 0 saturated heterocycles. The number of hydrogen-bond donors (Lipinski definition) is 0. The molecule has 1 fully saturated rings. The predicted octanol–water partition coefficient (Wildman–Crippen LogP) is 4.31. The Morgan fingerprint density at radius 1 is 1.13 bits per heavy atom. The van der Waals surface area contributed by atoms with Gasteiger partial charge in [0.15, 0.2) is 0 Å². The number of fused-ring (bicyclic) bond motifs is 2. The van der Waals surface area contributed by atoms with E-state index in [-0.39, 0.29) is 5.82 Å². The van der Waals surface area contributed by atoms with Crippen molar-refractivity contribution in [3.63, 3.8) is 0 Å². The Hall–Kier alpha value is -3.35. The summed E-state index contributed by atoms with van der Waals surface area (Å²) in [6, 6.07) is 7.02. The van der Waals surface area contributed by atoms with E-state index in [4.69, 9.17) is 15.0 Å². The third-order valence-electron chi connectivity index (χ3n) is 6.26. The molecule has 3 aromatic heterocycles. The maximum absolute atomic E-state index is 14.1. The summed E-state index contributed by atoms with van der Waals surface area (Å²) in [5, 5.41) is 5.24. The van der Waals surface area contributed by atoms with Crippen LogP contribution in [0.2, 0.25) is 0 Å². The first-order valence-electron chi connectivity index (χ1n) is 10.8. The average molecular weight is 414 g/mol. The van der Waals surface area contributed by atoms with Gasteiger partial charge in [0.1, 0.15) is 17.5 Å². The molecule has 156 valence electrons. The zero-order valence-electron chi connectivity index (χ0n) is 17.6. The van der Waals surface area contributed by atoms with Crippen molar-refractivity contribution in [1.29, 1.82) is 0 Å². The van der Waals surface area contributed by atoms with Crippen molar-refractivity contribution < 1.29 is 4.39 Å². The van der Waals surface area contributed by atoms with Gasteiger partial charge < -0.3 is 4.90 Å². The van der Waals surface area contributed by atoms with E-state index < -0.39 is 0 Å². The molecule has 1 aliphatic heterocycles. The number of hydrogen-bond acceptors (Lipinski definition) is 5. The van der Waals surface area contributed by atoms with E-state index in [2.05, 4.69) is 16.1 Å². The van der Waals surface area contributed by atoms with Crippen LogP contribution in [0, 0.1) is 12.7 Å². The standard InChI is InChI=1S/C24H23FN6/c1-14-20(13-30(2)29-14)16-9-17-12-31(8-7-21(17)26-11-16)24-19-10-18(25)5-6-22(19)27-23(28-24)15-3-4-15/h5-6,9-11,13,15H,3-4,7-8,12H2,1-2H3. The van der Waals surface area contributed by atoms with Crippen LogP contribution in [0.25, 0.3) is 22.0 Å². The van der Waals surface area contributed by atoms with E-state index in [1.165, 1.54) is 11.6 Å². The van der Waals surface area contributed by atoms with E-state index in [0.29, 0.717) is 12.5 Å². The van der Waals surface area contributed by atoms with E-state index in [9.17, 15) is 4.39 Å². The van der Waals surface area contributed by atoms with Crippen LogP contribution in [0.4, 0.5) is 10.2 Å². The van der Waals surface area contributed by atoms with Crippen molar-refractivity contribution in [3.05, 3.63) is 65.3 Å². The Labute approximate surface area is 179 Å². The second kappa shape index (κ2) is 6.83. The molecular formula is C24H23FN6. The molecule has 4 aromatic rings. The maximum atomic E-state index is 14.1. The Bertz CT molecular complexity index is 1320. The minimum absolute atomic E-state index is 0.259. The monoisotopic (exact) mass is 414 g/mol. The third-order valence-corrected chi connectivity index (χ3v) is 6.26. The smallest absolute Gasteiger partial charge is 0.140 e. The number of aryl methyl sites for hydroxylation is 2. The molecule has 0 bridgehead atoms. The molecule has 0 amide bonds. The SMILES string of the molecule is Cc1nn(C)cc1-c1cnc2c(c1)CN(c1nc(C3CC3)nc3ccc(F)cc13)CC2. The van der Waals surface area contributed by atoms with Crippen LogP contribution in [-0.4, -0.2) is 31.3 Å². The second-order valence-corrected chi connectivity index (χ2v) is 8.64. The Morgan fingerprint density at radius 3 is 2.77 bits per heavy atom. The fourth-order valence-electron chi connectivity index (χ4n) is 4.50. The van der Waals surface area contributed by atoms with Gasteiger partial charge in [0.25, 0.3) is 0 Å². The first kappa shape index (κ1) is 18.4. The van der Waals surface area contributed by atoms with Crippen molar-refractivity contribution >= 4 is 16.7 Å². The first-order valence-corrected chi connectivity index (χ1v) is 10.8. The first-order chi connectivity index (χ1) is 15.0. The lowest BCUT2D eigenvalue weighted by Gasteiger charge is -2.30. The Kier molecular flexibility index (Phi) is 4.06. The lowest BCUT2D eigenvalue weighted by molar-refractivity contribution is 0.629. The van der Waals surface area contributed by atoms with Gasteiger partial charge in [-0.05, 0) is 49.6 Å². The largest absolute Gasteiger partial charge is 0.351 e. The molecule has 0 unspecified atom stereocenters. The zero-order chi connectivity index (χ0) is 21.1. The summed E-state index contributed by atoms with van der Waals surface area (Å²) in [6.45, 7) is 3.52. The molecule has 0 atom stereocenters. The number of rotatable bonds is 3. The number of anilines is 1. The molecular weight excluding hydrogens is 391 g/mol. The molecule has 6 rings (SSSR count). The normalized spacial score (nSPS) is 16.0. The number of nitrogens with zero attached hydrogens (tertiary/aromatic N) is 6. The van der Waals surface area contributed by atoms with Crippen LogP contribution < -0.4 is 4.90 Å². The van der Waals surface area contributed by atoms with Crippen molar-refractivity contribution in [2.45, 2.75) is 38.6 Å². The molecule has 7 heteroatoms. The van der Waals surface area contributed by atoms with Gasteiger partial charge in [0, 0.05) is 67.1 Å². The number of halogens is 1.